The molecule has 0 amide bonds. The van der Waals surface area contributed by atoms with Crippen LogP contribution in [0.25, 0.3) is 0 Å². The van der Waals surface area contributed by atoms with E-state index >= 15 is 0 Å². The van der Waals surface area contributed by atoms with Gasteiger partial charge in [-0.05, 0) is 39.3 Å². The Balaban J connectivity index is 0.000000322. The average Bonchev–Trinajstić information content (AvgIpc) is 2.46. The molecule has 0 aromatic heterocycles. The summed E-state index contributed by atoms with van der Waals surface area (Å²) in [5.41, 5.74) is 0.721. The average molecular weight is 328 g/mol. The van der Waals surface area contributed by atoms with E-state index in [2.05, 4.69) is 15.4 Å². The van der Waals surface area contributed by atoms with Crippen molar-refractivity contribution in [3.8, 4) is 0 Å². The van der Waals surface area contributed by atoms with Gasteiger partial charge in [-0.25, -0.2) is 8.78 Å². The minimum atomic E-state index is -2.65. The zero-order valence-electron chi connectivity index (χ0n) is 13.9. The van der Waals surface area contributed by atoms with Gasteiger partial charge in [0.25, 0.3) is 12.4 Å². The lowest BCUT2D eigenvalue weighted by molar-refractivity contribution is -0.138. The Hall–Kier alpha value is -1.53. The summed E-state index contributed by atoms with van der Waals surface area (Å²) in [6.45, 7) is 6.85. The molecule has 1 aromatic rings. The maximum absolute atomic E-state index is 13.4. The number of hydrogen-bond acceptors (Lipinski definition) is 4. The van der Waals surface area contributed by atoms with Gasteiger partial charge in [-0.1, -0.05) is 30.3 Å². The van der Waals surface area contributed by atoms with Gasteiger partial charge in [0.2, 0.25) is 0 Å². The summed E-state index contributed by atoms with van der Waals surface area (Å²) in [6, 6.07) is 8.91. The lowest BCUT2D eigenvalue weighted by atomic mass is 10.0. The third kappa shape index (κ3) is 8.04. The number of benzene rings is 1. The molecule has 1 aromatic carbocycles. The predicted octanol–water partition coefficient (Wildman–Crippen LogP) is 2.73. The van der Waals surface area contributed by atoms with Crippen molar-refractivity contribution in [3.05, 3.63) is 35.9 Å². The topological polar surface area (TPSA) is 50.4 Å². The smallest absolute Gasteiger partial charge is 0.293 e. The first-order valence-electron chi connectivity index (χ1n) is 7.72. The van der Waals surface area contributed by atoms with Crippen LogP contribution in [0.3, 0.4) is 0 Å². The molecule has 1 heterocycles. The Kier molecular flexibility index (Phi) is 7.58. The van der Waals surface area contributed by atoms with Gasteiger partial charge in [0.15, 0.2) is 0 Å². The lowest BCUT2D eigenvalue weighted by Crippen LogP contribution is -2.55. The van der Waals surface area contributed by atoms with Crippen LogP contribution in [-0.4, -0.2) is 37.1 Å². The zero-order chi connectivity index (χ0) is 17.3. The quantitative estimate of drug-likeness (QED) is 0.835. The van der Waals surface area contributed by atoms with E-state index < -0.39 is 12.0 Å². The van der Waals surface area contributed by atoms with Gasteiger partial charge < -0.3 is 15.4 Å². The molecule has 130 valence electrons. The maximum atomic E-state index is 13.4. The van der Waals surface area contributed by atoms with Crippen LogP contribution in [0.1, 0.15) is 32.8 Å². The number of carbonyl (C=O) groups is 1. The number of ether oxygens (including phenoxy) is 1. The van der Waals surface area contributed by atoms with Crippen molar-refractivity contribution < 1.29 is 18.3 Å². The number of rotatable bonds is 4. The van der Waals surface area contributed by atoms with Gasteiger partial charge in [0, 0.05) is 6.54 Å². The third-order valence-corrected chi connectivity index (χ3v) is 3.28. The van der Waals surface area contributed by atoms with E-state index in [0.29, 0.717) is 26.0 Å². The maximum Gasteiger partial charge on any atom is 0.293 e. The second-order valence-corrected chi connectivity index (χ2v) is 6.47. The van der Waals surface area contributed by atoms with Gasteiger partial charge in [-0.2, -0.15) is 0 Å². The van der Waals surface area contributed by atoms with Crippen molar-refractivity contribution in [2.24, 2.45) is 0 Å². The number of hydrogen-bond donors (Lipinski definition) is 2. The standard InChI is InChI=1S/C12H16F2N2.C5H10O2/c13-12(14)9-15-7-6-11(12)16-8-10-4-2-1-3-5-10;1-5(2,3)7-4-6/h1-5,11,15-16H,6-9H2;4H,1-3H3. The summed E-state index contributed by atoms with van der Waals surface area (Å²) in [5, 5.41) is 5.65. The van der Waals surface area contributed by atoms with Gasteiger partial charge in [0.05, 0.1) is 12.6 Å². The van der Waals surface area contributed by atoms with Crippen molar-refractivity contribution in [1.29, 1.82) is 0 Å². The number of alkyl halides is 2. The first kappa shape index (κ1) is 19.5. The predicted molar refractivity (Wildman–Crippen MR) is 86.4 cm³/mol. The van der Waals surface area contributed by atoms with Crippen molar-refractivity contribution >= 4 is 6.47 Å². The normalized spacial score (nSPS) is 20.1. The van der Waals surface area contributed by atoms with E-state index in [1.807, 2.05) is 51.1 Å². The van der Waals surface area contributed by atoms with Crippen LogP contribution in [0.5, 0.6) is 0 Å². The van der Waals surface area contributed by atoms with Crippen LogP contribution < -0.4 is 10.6 Å². The number of carbonyl (C=O) groups excluding carboxylic acids is 1. The van der Waals surface area contributed by atoms with E-state index in [4.69, 9.17) is 0 Å². The SMILES string of the molecule is CC(C)(C)OC=O.FC1(F)CNCCC1NCc1ccccc1. The number of halogens is 2. The fraction of sp³-hybridized carbons (Fsp3) is 0.588. The van der Waals surface area contributed by atoms with E-state index in [-0.39, 0.29) is 12.1 Å². The van der Waals surface area contributed by atoms with Crippen molar-refractivity contribution in [3.63, 3.8) is 0 Å². The van der Waals surface area contributed by atoms with Gasteiger partial charge in [0.1, 0.15) is 5.60 Å². The second kappa shape index (κ2) is 8.93. The number of nitrogens with one attached hydrogen (secondary N) is 2. The Bertz CT molecular complexity index is 461. The summed E-state index contributed by atoms with van der Waals surface area (Å²) >= 11 is 0. The van der Waals surface area contributed by atoms with E-state index in [1.54, 1.807) is 0 Å². The highest BCUT2D eigenvalue weighted by atomic mass is 19.3. The minimum absolute atomic E-state index is 0.223. The van der Waals surface area contributed by atoms with Gasteiger partial charge >= 0.3 is 0 Å². The molecule has 1 aliphatic heterocycles. The summed E-state index contributed by atoms with van der Waals surface area (Å²) < 4.78 is 31.4. The van der Waals surface area contributed by atoms with E-state index in [1.165, 1.54) is 0 Å². The second-order valence-electron chi connectivity index (χ2n) is 6.47. The molecule has 1 unspecified atom stereocenters. The molecule has 6 heteroatoms. The minimum Gasteiger partial charge on any atom is -0.462 e. The monoisotopic (exact) mass is 328 g/mol. The van der Waals surface area contributed by atoms with Crippen LogP contribution in [0.2, 0.25) is 0 Å². The van der Waals surface area contributed by atoms with Crippen LogP contribution in [-0.2, 0) is 16.1 Å². The molecular formula is C17H26F2N2O2. The highest BCUT2D eigenvalue weighted by Crippen LogP contribution is 2.23. The summed E-state index contributed by atoms with van der Waals surface area (Å²) in [5.74, 6) is -2.65. The highest BCUT2D eigenvalue weighted by Gasteiger charge is 2.40. The van der Waals surface area contributed by atoms with Crippen molar-refractivity contribution in [1.82, 2.24) is 10.6 Å². The molecule has 2 rings (SSSR count). The summed E-state index contributed by atoms with van der Waals surface area (Å²) in [4.78, 5) is 9.60. The fourth-order valence-corrected chi connectivity index (χ4v) is 2.07. The van der Waals surface area contributed by atoms with Gasteiger partial charge in [-0.15, -0.1) is 0 Å². The molecule has 0 bridgehead atoms. The molecule has 1 aliphatic rings. The fourth-order valence-electron chi connectivity index (χ4n) is 2.07. The van der Waals surface area contributed by atoms with Crippen LogP contribution in [0, 0.1) is 0 Å². The van der Waals surface area contributed by atoms with Gasteiger partial charge in [-0.3, -0.25) is 4.79 Å². The molecule has 0 saturated carbocycles. The molecule has 1 atom stereocenters. The van der Waals surface area contributed by atoms with E-state index in [0.717, 1.165) is 5.56 Å². The van der Waals surface area contributed by atoms with E-state index in [9.17, 15) is 13.6 Å². The highest BCUT2D eigenvalue weighted by molar-refractivity contribution is 5.37. The van der Waals surface area contributed by atoms with Crippen LogP contribution >= 0.6 is 0 Å². The molecule has 0 spiro atoms. The molecule has 4 nitrogen and oxygen atoms in total. The molecule has 2 N–H and O–H groups in total. The molecule has 0 radical (unpaired) electrons. The molecular weight excluding hydrogens is 302 g/mol. The molecule has 1 saturated heterocycles. The third-order valence-electron chi connectivity index (χ3n) is 3.28. The molecule has 23 heavy (non-hydrogen) atoms. The van der Waals surface area contributed by atoms with Crippen LogP contribution in [0.4, 0.5) is 8.78 Å². The summed E-state index contributed by atoms with van der Waals surface area (Å²) in [6.07, 6.45) is 0.472. The Morgan fingerprint density at radius 1 is 1.35 bits per heavy atom. The number of piperidine rings is 1. The first-order chi connectivity index (χ1) is 10.7. The largest absolute Gasteiger partial charge is 0.462 e. The summed E-state index contributed by atoms with van der Waals surface area (Å²) in [7, 11) is 0. The Labute approximate surface area is 136 Å². The lowest BCUT2D eigenvalue weighted by Gasteiger charge is -2.32. The molecule has 0 aliphatic carbocycles. The van der Waals surface area contributed by atoms with Crippen LogP contribution in [0.15, 0.2) is 30.3 Å². The molecule has 1 fully saturated rings. The van der Waals surface area contributed by atoms with Crippen molar-refractivity contribution in [2.75, 3.05) is 13.1 Å². The first-order valence-corrected chi connectivity index (χ1v) is 7.72. The zero-order valence-corrected chi connectivity index (χ0v) is 13.9. The van der Waals surface area contributed by atoms with Crippen molar-refractivity contribution in [2.45, 2.75) is 51.3 Å². The Morgan fingerprint density at radius 2 is 2.00 bits per heavy atom. The Morgan fingerprint density at radius 3 is 2.48 bits per heavy atom.